The van der Waals surface area contributed by atoms with Crippen LogP contribution in [0.25, 0.3) is 0 Å². The summed E-state index contributed by atoms with van der Waals surface area (Å²) in [5.41, 5.74) is 0. The first-order valence-corrected chi connectivity index (χ1v) is 5.00. The van der Waals surface area contributed by atoms with E-state index in [-0.39, 0.29) is 6.29 Å². The minimum absolute atomic E-state index is 0.286. The number of hydrogen-bond donors (Lipinski definition) is 4. The van der Waals surface area contributed by atoms with E-state index in [2.05, 4.69) is 0 Å². The van der Waals surface area contributed by atoms with Crippen LogP contribution in [0.4, 0.5) is 0 Å². The van der Waals surface area contributed by atoms with Crippen LogP contribution in [0, 0.1) is 0 Å². The maximum Gasteiger partial charge on any atom is 0.149 e. The molecular formula is C7H14O5S. The minimum Gasteiger partial charge on any atom is -0.394 e. The van der Waals surface area contributed by atoms with Crippen LogP contribution in [0.1, 0.15) is 0 Å². The molecule has 0 aliphatic rings. The topological polar surface area (TPSA) is 98.0 Å². The molecule has 0 saturated carbocycles. The Morgan fingerprint density at radius 3 is 2.23 bits per heavy atom. The molecule has 0 aromatic heterocycles. The smallest absolute Gasteiger partial charge is 0.149 e. The molecule has 0 heterocycles. The Hall–Kier alpha value is -0.140. The van der Waals surface area contributed by atoms with Gasteiger partial charge in [-0.3, -0.25) is 0 Å². The number of aliphatic hydroxyl groups is 4. The highest BCUT2D eigenvalue weighted by atomic mass is 32.2. The summed E-state index contributed by atoms with van der Waals surface area (Å²) < 4.78 is 0. The fraction of sp³-hybridized carbons (Fsp3) is 0.857. The monoisotopic (exact) mass is 210 g/mol. The van der Waals surface area contributed by atoms with Crippen molar-refractivity contribution in [1.82, 2.24) is 0 Å². The van der Waals surface area contributed by atoms with E-state index in [9.17, 15) is 9.90 Å². The summed E-state index contributed by atoms with van der Waals surface area (Å²) in [6, 6.07) is 0. The fourth-order valence-electron chi connectivity index (χ4n) is 0.885. The molecule has 0 bridgehead atoms. The van der Waals surface area contributed by atoms with Gasteiger partial charge in [-0.1, -0.05) is 0 Å². The molecule has 5 nitrogen and oxygen atoms in total. The van der Waals surface area contributed by atoms with E-state index in [1.165, 1.54) is 0 Å². The summed E-state index contributed by atoms with van der Waals surface area (Å²) in [5, 5.41) is 35.1. The zero-order valence-electron chi connectivity index (χ0n) is 7.20. The molecule has 0 aromatic carbocycles. The van der Waals surface area contributed by atoms with Gasteiger partial charge in [0.1, 0.15) is 18.5 Å². The molecular weight excluding hydrogens is 196 g/mol. The third kappa shape index (κ3) is 3.61. The Morgan fingerprint density at radius 2 is 1.92 bits per heavy atom. The van der Waals surface area contributed by atoms with Crippen molar-refractivity contribution >= 4 is 18.0 Å². The molecule has 4 atom stereocenters. The van der Waals surface area contributed by atoms with Crippen LogP contribution in [-0.4, -0.2) is 63.1 Å². The summed E-state index contributed by atoms with van der Waals surface area (Å²) >= 11 is 1.05. The van der Waals surface area contributed by atoms with Gasteiger partial charge < -0.3 is 25.2 Å². The van der Waals surface area contributed by atoms with Crippen LogP contribution in [-0.2, 0) is 4.79 Å². The minimum atomic E-state index is -1.34. The van der Waals surface area contributed by atoms with Crippen LogP contribution < -0.4 is 0 Å². The van der Waals surface area contributed by atoms with Gasteiger partial charge in [0.25, 0.3) is 0 Å². The second-order valence-electron chi connectivity index (χ2n) is 2.57. The maximum atomic E-state index is 10.2. The van der Waals surface area contributed by atoms with Crippen molar-refractivity contribution in [3.63, 3.8) is 0 Å². The molecule has 78 valence electrons. The molecule has 13 heavy (non-hydrogen) atoms. The molecule has 0 aromatic rings. The maximum absolute atomic E-state index is 10.2. The predicted octanol–water partition coefficient (Wildman–Crippen LogP) is -2.01. The van der Waals surface area contributed by atoms with Crippen LogP contribution in [0.15, 0.2) is 0 Å². The van der Waals surface area contributed by atoms with Gasteiger partial charge in [-0.05, 0) is 6.26 Å². The van der Waals surface area contributed by atoms with Crippen LogP contribution in [0.2, 0.25) is 0 Å². The van der Waals surface area contributed by atoms with Crippen molar-refractivity contribution in [3.8, 4) is 0 Å². The molecule has 6 heteroatoms. The third-order valence-electron chi connectivity index (χ3n) is 1.67. The highest BCUT2D eigenvalue weighted by Gasteiger charge is 2.30. The van der Waals surface area contributed by atoms with Crippen LogP contribution in [0.3, 0.4) is 0 Å². The van der Waals surface area contributed by atoms with E-state index >= 15 is 0 Å². The zero-order valence-corrected chi connectivity index (χ0v) is 8.02. The van der Waals surface area contributed by atoms with E-state index in [4.69, 9.17) is 15.3 Å². The molecule has 0 amide bonds. The predicted molar refractivity (Wildman–Crippen MR) is 48.5 cm³/mol. The van der Waals surface area contributed by atoms with E-state index in [0.29, 0.717) is 0 Å². The molecule has 0 saturated heterocycles. The van der Waals surface area contributed by atoms with E-state index in [0.717, 1.165) is 11.8 Å². The van der Waals surface area contributed by atoms with Crippen molar-refractivity contribution in [1.29, 1.82) is 0 Å². The van der Waals surface area contributed by atoms with Gasteiger partial charge in [0, 0.05) is 0 Å². The third-order valence-corrected chi connectivity index (χ3v) is 2.77. The molecule has 0 aliphatic heterocycles. The summed E-state index contributed by atoms with van der Waals surface area (Å²) in [4.78, 5) is 10.2. The Kier molecular flexibility index (Phi) is 6.27. The molecule has 0 spiro atoms. The number of hydrogen-bond acceptors (Lipinski definition) is 6. The van der Waals surface area contributed by atoms with Crippen molar-refractivity contribution in [2.75, 3.05) is 12.9 Å². The molecule has 0 fully saturated rings. The number of thioether (sulfide) groups is 1. The van der Waals surface area contributed by atoms with Crippen LogP contribution in [0.5, 0.6) is 0 Å². The number of aldehydes is 1. The van der Waals surface area contributed by atoms with Crippen molar-refractivity contribution in [2.24, 2.45) is 0 Å². The van der Waals surface area contributed by atoms with Gasteiger partial charge in [-0.15, -0.1) is 0 Å². The largest absolute Gasteiger partial charge is 0.394 e. The van der Waals surface area contributed by atoms with Gasteiger partial charge in [0.15, 0.2) is 0 Å². The second kappa shape index (κ2) is 6.33. The SMILES string of the molecule is CSC(C(O)C=O)C(O)C(O)CO. The van der Waals surface area contributed by atoms with E-state index in [1.54, 1.807) is 6.26 Å². The number of rotatable bonds is 6. The van der Waals surface area contributed by atoms with E-state index < -0.39 is 30.2 Å². The average Bonchev–Trinajstić information content (AvgIpc) is 2.17. The Morgan fingerprint density at radius 1 is 1.38 bits per heavy atom. The normalized spacial score (nSPS) is 20.4. The fourth-order valence-corrected chi connectivity index (χ4v) is 1.69. The Labute approximate surface area is 80.4 Å². The standard InChI is InChI=1S/C7H14O5S/c1-13-7(5(11)3-9)6(12)4(10)2-8/h3-8,10-12H,2H2,1H3. The van der Waals surface area contributed by atoms with Crippen molar-refractivity contribution < 1.29 is 25.2 Å². The summed E-state index contributed by atoms with van der Waals surface area (Å²) in [7, 11) is 0. The van der Waals surface area contributed by atoms with Gasteiger partial charge in [-0.2, -0.15) is 11.8 Å². The van der Waals surface area contributed by atoms with E-state index in [1.807, 2.05) is 0 Å². The second-order valence-corrected chi connectivity index (χ2v) is 3.58. The summed E-state index contributed by atoms with van der Waals surface area (Å²) in [5.74, 6) is 0. The van der Waals surface area contributed by atoms with Gasteiger partial charge in [0.05, 0.1) is 18.0 Å². The number of aliphatic hydroxyl groups excluding tert-OH is 4. The number of carbonyl (C=O) groups excluding carboxylic acids is 1. The average molecular weight is 210 g/mol. The first kappa shape index (κ1) is 12.9. The van der Waals surface area contributed by atoms with Gasteiger partial charge in [0.2, 0.25) is 0 Å². The first-order chi connectivity index (χ1) is 6.08. The van der Waals surface area contributed by atoms with Gasteiger partial charge in [-0.25, -0.2) is 0 Å². The molecule has 4 N–H and O–H groups in total. The van der Waals surface area contributed by atoms with Crippen molar-refractivity contribution in [3.05, 3.63) is 0 Å². The van der Waals surface area contributed by atoms with Crippen molar-refractivity contribution in [2.45, 2.75) is 23.6 Å². The first-order valence-electron chi connectivity index (χ1n) is 3.71. The lowest BCUT2D eigenvalue weighted by Crippen LogP contribution is -2.44. The Bertz CT molecular complexity index is 154. The lowest BCUT2D eigenvalue weighted by Gasteiger charge is -2.25. The lowest BCUT2D eigenvalue weighted by atomic mass is 10.1. The summed E-state index contributed by atoms with van der Waals surface area (Å²) in [6.45, 7) is -0.607. The quantitative estimate of drug-likeness (QED) is 0.378. The molecule has 4 unspecified atom stereocenters. The molecule has 0 radical (unpaired) electrons. The molecule has 0 rings (SSSR count). The molecule has 0 aliphatic carbocycles. The summed E-state index contributed by atoms with van der Waals surface area (Å²) in [6.07, 6.45) is -2.13. The number of carbonyl (C=O) groups is 1. The zero-order chi connectivity index (χ0) is 10.4. The Balaban J connectivity index is 4.29. The highest BCUT2D eigenvalue weighted by molar-refractivity contribution is 7.99. The van der Waals surface area contributed by atoms with Crippen LogP contribution >= 0.6 is 11.8 Å². The van der Waals surface area contributed by atoms with Gasteiger partial charge >= 0.3 is 0 Å². The lowest BCUT2D eigenvalue weighted by molar-refractivity contribution is -0.117. The highest BCUT2D eigenvalue weighted by Crippen LogP contribution is 2.17.